The minimum atomic E-state index is -2.63. The van der Waals surface area contributed by atoms with Crippen LogP contribution in [0.2, 0.25) is 0 Å². The molecule has 0 saturated heterocycles. The molecular formula is C3H3FO3P+. The fourth-order valence-corrected chi connectivity index (χ4v) is 0.290. The summed E-state index contributed by atoms with van der Waals surface area (Å²) in [7, 11) is -2.63. The van der Waals surface area contributed by atoms with E-state index in [0.717, 1.165) is 6.17 Å². The smallest absolute Gasteiger partial charge is 0.144 e. The van der Waals surface area contributed by atoms with Gasteiger partial charge in [0.1, 0.15) is 6.17 Å². The summed E-state index contributed by atoms with van der Waals surface area (Å²) in [5.41, 5.74) is 0. The van der Waals surface area contributed by atoms with Crippen molar-refractivity contribution in [1.29, 1.82) is 0 Å². The molecule has 1 atom stereocenters. The highest BCUT2D eigenvalue weighted by molar-refractivity contribution is 7.32. The molecule has 0 saturated carbocycles. The third kappa shape index (κ3) is 5.51. The molecule has 0 aliphatic heterocycles. The van der Waals surface area contributed by atoms with Crippen molar-refractivity contribution in [3.8, 4) is 12.1 Å². The van der Waals surface area contributed by atoms with Crippen LogP contribution in [0.3, 0.4) is 0 Å². The Morgan fingerprint density at radius 2 is 2.50 bits per heavy atom. The Morgan fingerprint density at radius 1 is 1.88 bits per heavy atom. The predicted molar refractivity (Wildman–Crippen MR) is 24.7 cm³/mol. The molecule has 0 aliphatic carbocycles. The van der Waals surface area contributed by atoms with E-state index in [1.165, 1.54) is 0 Å². The highest BCUT2D eigenvalue weighted by Gasteiger charge is 2.08. The second-order valence-corrected chi connectivity index (χ2v) is 1.52. The molecule has 0 aromatic rings. The van der Waals surface area contributed by atoms with Crippen LogP contribution in [0.15, 0.2) is 0 Å². The molecule has 0 aromatic heterocycles. The van der Waals surface area contributed by atoms with E-state index >= 15 is 0 Å². The summed E-state index contributed by atoms with van der Waals surface area (Å²) in [6.07, 6.45) is 1.01. The molecule has 3 nitrogen and oxygen atoms in total. The summed E-state index contributed by atoms with van der Waals surface area (Å²) in [6.45, 7) is -0.345. The highest BCUT2D eigenvalue weighted by Crippen LogP contribution is 2.12. The largest absolute Gasteiger partial charge is 0.695 e. The molecule has 0 amide bonds. The third-order valence-electron chi connectivity index (χ3n) is 0.314. The first kappa shape index (κ1) is 7.51. The van der Waals surface area contributed by atoms with Gasteiger partial charge >= 0.3 is 8.25 Å². The van der Waals surface area contributed by atoms with Crippen molar-refractivity contribution in [3.05, 3.63) is 0 Å². The molecule has 5 heteroatoms. The number of hydrogen-bond donors (Lipinski definition) is 1. The standard InChI is InChI=1S/C3H2FO3P/c4-2-1-3-7-8(5)6/h3H2/p+1. The van der Waals surface area contributed by atoms with E-state index in [4.69, 9.17) is 4.89 Å². The second kappa shape index (κ2) is 4.66. The summed E-state index contributed by atoms with van der Waals surface area (Å²) in [6, 6.07) is 0. The van der Waals surface area contributed by atoms with Crippen molar-refractivity contribution in [3.63, 3.8) is 0 Å². The monoisotopic (exact) mass is 137 g/mol. The lowest BCUT2D eigenvalue weighted by Crippen LogP contribution is -1.77. The summed E-state index contributed by atoms with van der Waals surface area (Å²) < 4.78 is 24.4. The zero-order valence-electron chi connectivity index (χ0n) is 3.80. The van der Waals surface area contributed by atoms with E-state index in [1.54, 1.807) is 5.92 Å². The van der Waals surface area contributed by atoms with Crippen LogP contribution >= 0.6 is 8.25 Å². The molecule has 0 aliphatic rings. The SMILES string of the molecule is O=[P+](O)OCC#CF. The third-order valence-corrected chi connectivity index (χ3v) is 0.664. The summed E-state index contributed by atoms with van der Waals surface area (Å²) in [4.78, 5) is 7.88. The minimum absolute atomic E-state index is 0.345. The van der Waals surface area contributed by atoms with E-state index in [-0.39, 0.29) is 6.61 Å². The van der Waals surface area contributed by atoms with Gasteiger partial charge in [-0.15, -0.1) is 13.8 Å². The quantitative estimate of drug-likeness (QED) is 0.447. The molecule has 0 fully saturated rings. The number of rotatable bonds is 2. The van der Waals surface area contributed by atoms with Crippen molar-refractivity contribution in [1.82, 2.24) is 0 Å². The van der Waals surface area contributed by atoms with E-state index in [9.17, 15) is 8.96 Å². The van der Waals surface area contributed by atoms with Crippen molar-refractivity contribution in [2.24, 2.45) is 0 Å². The van der Waals surface area contributed by atoms with Crippen LogP contribution in [0.1, 0.15) is 0 Å². The molecule has 44 valence electrons. The highest BCUT2D eigenvalue weighted by atomic mass is 31.1. The first-order valence-corrected chi connectivity index (χ1v) is 2.78. The zero-order valence-corrected chi connectivity index (χ0v) is 4.69. The molecule has 8 heavy (non-hydrogen) atoms. The van der Waals surface area contributed by atoms with E-state index < -0.39 is 8.25 Å². The molecular weight excluding hydrogens is 134 g/mol. The molecule has 1 N–H and O–H groups in total. The first-order chi connectivity index (χ1) is 3.77. The zero-order chi connectivity index (χ0) is 6.41. The fraction of sp³-hybridized carbons (Fsp3) is 0.333. The predicted octanol–water partition coefficient (Wildman–Crippen LogP) is 0.583. The summed E-state index contributed by atoms with van der Waals surface area (Å²) in [5, 5.41) is 0. The lowest BCUT2D eigenvalue weighted by molar-refractivity contribution is 0.317. The van der Waals surface area contributed by atoms with Crippen LogP contribution in [0.5, 0.6) is 0 Å². The van der Waals surface area contributed by atoms with Crippen molar-refractivity contribution in [2.45, 2.75) is 0 Å². The maximum Gasteiger partial charge on any atom is 0.695 e. The Labute approximate surface area is 46.4 Å². The summed E-state index contributed by atoms with van der Waals surface area (Å²) >= 11 is 0. The van der Waals surface area contributed by atoms with Gasteiger partial charge in [0, 0.05) is 4.57 Å². The van der Waals surface area contributed by atoms with Crippen molar-refractivity contribution < 1.29 is 18.4 Å². The fourth-order valence-electron chi connectivity index (χ4n) is 0.115. The molecule has 0 rings (SSSR count). The molecule has 0 bridgehead atoms. The van der Waals surface area contributed by atoms with Gasteiger partial charge in [-0.05, 0) is 5.92 Å². The maximum absolute atomic E-state index is 10.8. The van der Waals surface area contributed by atoms with Gasteiger partial charge in [-0.2, -0.15) is 0 Å². The van der Waals surface area contributed by atoms with Crippen LogP contribution in [-0.4, -0.2) is 11.5 Å². The van der Waals surface area contributed by atoms with Gasteiger partial charge in [0.25, 0.3) is 0 Å². The van der Waals surface area contributed by atoms with Crippen molar-refractivity contribution >= 4 is 8.25 Å². The van der Waals surface area contributed by atoms with Crippen molar-refractivity contribution in [2.75, 3.05) is 6.61 Å². The normalized spacial score (nSPS) is 9.50. The van der Waals surface area contributed by atoms with Crippen LogP contribution < -0.4 is 0 Å². The Bertz CT molecular complexity index is 135. The average Bonchev–Trinajstić information content (AvgIpc) is 1.66. The average molecular weight is 137 g/mol. The molecule has 1 unspecified atom stereocenters. The van der Waals surface area contributed by atoms with Gasteiger partial charge in [-0.3, -0.25) is 0 Å². The Balaban J connectivity index is 3.14. The van der Waals surface area contributed by atoms with Crippen LogP contribution in [0, 0.1) is 12.1 Å². The summed E-state index contributed by atoms with van der Waals surface area (Å²) in [5.74, 6) is 1.80. The first-order valence-electron chi connectivity index (χ1n) is 1.65. The minimum Gasteiger partial charge on any atom is -0.144 e. The second-order valence-electron chi connectivity index (χ2n) is 0.783. The van der Waals surface area contributed by atoms with Gasteiger partial charge < -0.3 is 0 Å². The maximum atomic E-state index is 10.8. The van der Waals surface area contributed by atoms with Crippen LogP contribution in [0.25, 0.3) is 0 Å². The van der Waals surface area contributed by atoms with Gasteiger partial charge in [0.05, 0.1) is 0 Å². The topological polar surface area (TPSA) is 46.5 Å². The van der Waals surface area contributed by atoms with Crippen LogP contribution in [0.4, 0.5) is 4.39 Å². The van der Waals surface area contributed by atoms with Gasteiger partial charge in [0.2, 0.25) is 0 Å². The van der Waals surface area contributed by atoms with Crippen LogP contribution in [-0.2, 0) is 9.09 Å². The molecule has 0 radical (unpaired) electrons. The molecule has 0 spiro atoms. The molecule has 0 heterocycles. The number of halogens is 1. The Hall–Kier alpha value is -0.490. The van der Waals surface area contributed by atoms with Gasteiger partial charge in [-0.25, -0.2) is 0 Å². The molecule has 0 aromatic carbocycles. The Kier molecular flexibility index (Phi) is 4.38. The number of hydrogen-bond acceptors (Lipinski definition) is 2. The van der Waals surface area contributed by atoms with E-state index in [1.807, 2.05) is 0 Å². The van der Waals surface area contributed by atoms with Gasteiger partial charge in [0.15, 0.2) is 6.61 Å². The van der Waals surface area contributed by atoms with E-state index in [0.29, 0.717) is 0 Å². The lowest BCUT2D eigenvalue weighted by Gasteiger charge is -1.69. The Morgan fingerprint density at radius 3 is 2.88 bits per heavy atom. The van der Waals surface area contributed by atoms with E-state index in [2.05, 4.69) is 4.52 Å². The van der Waals surface area contributed by atoms with Gasteiger partial charge in [-0.1, -0.05) is 0 Å². The lowest BCUT2D eigenvalue weighted by atomic mass is 10.8.